The fourth-order valence-electron chi connectivity index (χ4n) is 2.16. The van der Waals surface area contributed by atoms with Crippen molar-refractivity contribution in [2.24, 2.45) is 11.3 Å². The van der Waals surface area contributed by atoms with Gasteiger partial charge in [0.2, 0.25) is 0 Å². The summed E-state index contributed by atoms with van der Waals surface area (Å²) in [6.45, 7) is 5.75. The third kappa shape index (κ3) is 5.88. The molecule has 1 saturated heterocycles. The van der Waals surface area contributed by atoms with E-state index in [1.807, 2.05) is 0 Å². The summed E-state index contributed by atoms with van der Waals surface area (Å²) in [6, 6.07) is 0. The third-order valence-corrected chi connectivity index (χ3v) is 3.99. The lowest BCUT2D eigenvalue weighted by Gasteiger charge is -2.35. The lowest BCUT2D eigenvalue weighted by Crippen LogP contribution is -2.43. The van der Waals surface area contributed by atoms with Crippen LogP contribution < -0.4 is 0 Å². The van der Waals surface area contributed by atoms with Gasteiger partial charge in [-0.05, 0) is 45.7 Å². The molecule has 1 N–H and O–H groups in total. The number of hydrogen-bond donors (Lipinski definition) is 1. The second-order valence-corrected chi connectivity index (χ2v) is 7.54. The molecule has 1 heterocycles. The van der Waals surface area contributed by atoms with Gasteiger partial charge in [0.25, 0.3) is 10.1 Å². The quantitative estimate of drug-likeness (QED) is 0.729. The van der Waals surface area contributed by atoms with Gasteiger partial charge in [-0.3, -0.25) is 8.98 Å². The Kier molecular flexibility index (Phi) is 5.34. The molecule has 0 saturated carbocycles. The Balaban J connectivity index is 2.35. The lowest BCUT2D eigenvalue weighted by atomic mass is 9.90. The molecule has 1 rings (SSSR count). The smallest absolute Gasteiger partial charge is 0.310 e. The number of likely N-dealkylation sites (tertiary alicyclic amines) is 1. The van der Waals surface area contributed by atoms with Gasteiger partial charge in [0.15, 0.2) is 0 Å². The molecule has 6 nitrogen and oxygen atoms in total. The van der Waals surface area contributed by atoms with E-state index < -0.39 is 21.5 Å². The highest BCUT2D eigenvalue weighted by Gasteiger charge is 2.31. The van der Waals surface area contributed by atoms with Gasteiger partial charge < -0.3 is 10.0 Å². The first-order valence-electron chi connectivity index (χ1n) is 6.40. The van der Waals surface area contributed by atoms with Crippen LogP contribution in [0.3, 0.4) is 0 Å². The van der Waals surface area contributed by atoms with Crippen LogP contribution >= 0.6 is 0 Å². The second-order valence-electron chi connectivity index (χ2n) is 5.90. The van der Waals surface area contributed by atoms with E-state index in [9.17, 15) is 13.2 Å². The van der Waals surface area contributed by atoms with E-state index in [2.05, 4.69) is 4.90 Å². The van der Waals surface area contributed by atoms with Crippen LogP contribution in [0.2, 0.25) is 0 Å². The molecule has 0 aromatic heterocycles. The highest BCUT2D eigenvalue weighted by molar-refractivity contribution is 7.85. The normalized spacial score (nSPS) is 19.5. The van der Waals surface area contributed by atoms with E-state index in [0.717, 1.165) is 32.2 Å². The molecule has 0 spiro atoms. The van der Waals surface area contributed by atoms with Gasteiger partial charge in [0.1, 0.15) is 0 Å². The Morgan fingerprint density at radius 3 is 2.32 bits per heavy atom. The summed E-state index contributed by atoms with van der Waals surface area (Å²) in [5.41, 5.74) is -0.754. The molecule has 0 atom stereocenters. The highest BCUT2D eigenvalue weighted by atomic mass is 32.2. The zero-order valence-electron chi connectivity index (χ0n) is 11.8. The molecule has 0 radical (unpaired) electrons. The SMILES string of the molecule is CC(C)(CN1CCC(COS(C)(=O)=O)CC1)C(=O)O. The maximum absolute atomic E-state index is 11.1. The van der Waals surface area contributed by atoms with Crippen molar-refractivity contribution in [2.75, 3.05) is 32.5 Å². The maximum Gasteiger partial charge on any atom is 0.310 e. The minimum atomic E-state index is -3.37. The van der Waals surface area contributed by atoms with E-state index in [4.69, 9.17) is 9.29 Å². The number of carbonyl (C=O) groups is 1. The molecule has 19 heavy (non-hydrogen) atoms. The predicted molar refractivity (Wildman–Crippen MR) is 71.4 cm³/mol. The van der Waals surface area contributed by atoms with E-state index in [1.54, 1.807) is 13.8 Å². The van der Waals surface area contributed by atoms with Crippen LogP contribution in [-0.2, 0) is 19.1 Å². The van der Waals surface area contributed by atoms with Crippen molar-refractivity contribution in [1.29, 1.82) is 0 Å². The van der Waals surface area contributed by atoms with Crippen molar-refractivity contribution in [3.8, 4) is 0 Å². The standard InChI is InChI=1S/C12H23NO5S/c1-12(2,11(14)15)9-13-6-4-10(5-7-13)8-18-19(3,16)17/h10H,4-9H2,1-3H3,(H,14,15). The van der Waals surface area contributed by atoms with Crippen LogP contribution in [-0.4, -0.2) is 56.9 Å². The Bertz CT molecular complexity index is 410. The van der Waals surface area contributed by atoms with Gasteiger partial charge in [0.05, 0.1) is 18.3 Å². The monoisotopic (exact) mass is 293 g/mol. The van der Waals surface area contributed by atoms with Crippen LogP contribution in [0.4, 0.5) is 0 Å². The fourth-order valence-corrected chi connectivity index (χ4v) is 2.60. The van der Waals surface area contributed by atoms with Gasteiger partial charge in [0, 0.05) is 6.54 Å². The maximum atomic E-state index is 11.1. The predicted octanol–water partition coefficient (Wildman–Crippen LogP) is 0.785. The summed E-state index contributed by atoms with van der Waals surface area (Å²) in [4.78, 5) is 13.2. The highest BCUT2D eigenvalue weighted by Crippen LogP contribution is 2.23. The largest absolute Gasteiger partial charge is 0.481 e. The minimum absolute atomic E-state index is 0.231. The van der Waals surface area contributed by atoms with Crippen LogP contribution in [0.25, 0.3) is 0 Å². The molecule has 0 amide bonds. The third-order valence-electron chi connectivity index (χ3n) is 3.42. The van der Waals surface area contributed by atoms with Gasteiger partial charge in [-0.15, -0.1) is 0 Å². The van der Waals surface area contributed by atoms with Crippen molar-refractivity contribution < 1.29 is 22.5 Å². The second kappa shape index (κ2) is 6.19. The molecule has 1 fully saturated rings. The Labute approximate surface area is 114 Å². The van der Waals surface area contributed by atoms with Gasteiger partial charge in [-0.25, -0.2) is 0 Å². The summed E-state index contributed by atoms with van der Waals surface area (Å²) in [6.07, 6.45) is 2.73. The molecule has 112 valence electrons. The van der Waals surface area contributed by atoms with Gasteiger partial charge in [-0.1, -0.05) is 0 Å². The van der Waals surface area contributed by atoms with Gasteiger partial charge in [-0.2, -0.15) is 8.42 Å². The number of piperidine rings is 1. The van der Waals surface area contributed by atoms with Crippen molar-refractivity contribution in [2.45, 2.75) is 26.7 Å². The van der Waals surface area contributed by atoms with E-state index >= 15 is 0 Å². The average molecular weight is 293 g/mol. The Morgan fingerprint density at radius 1 is 1.37 bits per heavy atom. The Hall–Kier alpha value is -0.660. The minimum Gasteiger partial charge on any atom is -0.481 e. The molecule has 7 heteroatoms. The summed E-state index contributed by atoms with van der Waals surface area (Å²) < 4.78 is 26.6. The first kappa shape index (κ1) is 16.4. The number of carboxylic acid groups (broad SMARTS) is 1. The van der Waals surface area contributed by atoms with Crippen molar-refractivity contribution in [3.63, 3.8) is 0 Å². The number of nitrogens with zero attached hydrogens (tertiary/aromatic N) is 1. The molecule has 0 bridgehead atoms. The van der Waals surface area contributed by atoms with E-state index in [1.165, 1.54) is 0 Å². The number of carboxylic acids is 1. The van der Waals surface area contributed by atoms with E-state index in [0.29, 0.717) is 6.54 Å². The molecular weight excluding hydrogens is 270 g/mol. The van der Waals surface area contributed by atoms with Gasteiger partial charge >= 0.3 is 5.97 Å². The molecular formula is C12H23NO5S. The summed E-state index contributed by atoms with van der Waals surface area (Å²) in [5.74, 6) is -0.561. The topological polar surface area (TPSA) is 83.9 Å². The molecule has 1 aliphatic rings. The number of hydrogen-bond acceptors (Lipinski definition) is 5. The van der Waals surface area contributed by atoms with E-state index in [-0.39, 0.29) is 12.5 Å². The van der Waals surface area contributed by atoms with Crippen molar-refractivity contribution in [3.05, 3.63) is 0 Å². The number of rotatable bonds is 6. The molecule has 0 aromatic rings. The molecule has 0 aliphatic carbocycles. The first-order chi connectivity index (χ1) is 8.60. The number of aliphatic carboxylic acids is 1. The lowest BCUT2D eigenvalue weighted by molar-refractivity contribution is -0.148. The molecule has 1 aliphatic heterocycles. The van der Waals surface area contributed by atoms with Crippen LogP contribution in [0, 0.1) is 11.3 Å². The fraction of sp³-hybridized carbons (Fsp3) is 0.917. The molecule has 0 aromatic carbocycles. The zero-order valence-corrected chi connectivity index (χ0v) is 12.6. The average Bonchev–Trinajstić information content (AvgIpc) is 2.26. The Morgan fingerprint density at radius 2 is 1.89 bits per heavy atom. The van der Waals surface area contributed by atoms with Crippen molar-refractivity contribution >= 4 is 16.1 Å². The summed E-state index contributed by atoms with van der Waals surface area (Å²) in [7, 11) is -3.37. The van der Waals surface area contributed by atoms with Crippen LogP contribution in [0.15, 0.2) is 0 Å². The summed E-state index contributed by atoms with van der Waals surface area (Å²) >= 11 is 0. The zero-order chi connectivity index (χ0) is 14.7. The summed E-state index contributed by atoms with van der Waals surface area (Å²) in [5, 5.41) is 9.08. The van der Waals surface area contributed by atoms with Crippen molar-refractivity contribution in [1.82, 2.24) is 4.90 Å². The molecule has 0 unspecified atom stereocenters. The first-order valence-corrected chi connectivity index (χ1v) is 8.22. The van der Waals surface area contributed by atoms with Crippen LogP contribution in [0.1, 0.15) is 26.7 Å². The van der Waals surface area contributed by atoms with Crippen LogP contribution in [0.5, 0.6) is 0 Å².